The molecule has 1 amide bonds. The Balaban J connectivity index is 1.46. The SMILES string of the molecule is Cc1ccc(C(=O)N[C@H]2CCCC[C@@H]2O)cc1NCc1cnn2ccsc12. The van der Waals surface area contributed by atoms with Gasteiger partial charge < -0.3 is 15.7 Å². The Hall–Kier alpha value is -2.38. The number of thiazole rings is 1. The first-order valence-electron chi connectivity index (χ1n) is 9.35. The van der Waals surface area contributed by atoms with E-state index in [1.54, 1.807) is 11.3 Å². The number of benzene rings is 1. The standard InChI is InChI=1S/C20H24N4O2S/c1-13-6-7-14(19(26)23-16-4-2-3-5-18(16)25)10-17(13)21-11-15-12-22-24-8-9-27-20(15)24/h6-10,12,16,18,21,25H,2-5,11H2,1H3,(H,23,26)/t16-,18-/m0/s1. The summed E-state index contributed by atoms with van der Waals surface area (Å²) in [6.45, 7) is 2.67. The molecule has 6 nitrogen and oxygen atoms in total. The molecule has 0 bridgehead atoms. The number of nitrogens with zero attached hydrogens (tertiary/aromatic N) is 2. The van der Waals surface area contributed by atoms with Crippen molar-refractivity contribution in [2.75, 3.05) is 5.32 Å². The highest BCUT2D eigenvalue weighted by molar-refractivity contribution is 7.15. The number of aliphatic hydroxyl groups excluding tert-OH is 1. The van der Waals surface area contributed by atoms with Crippen LogP contribution in [0.15, 0.2) is 36.0 Å². The zero-order valence-corrected chi connectivity index (χ0v) is 16.1. The van der Waals surface area contributed by atoms with Gasteiger partial charge in [-0.15, -0.1) is 11.3 Å². The lowest BCUT2D eigenvalue weighted by Crippen LogP contribution is -2.45. The maximum absolute atomic E-state index is 12.6. The number of hydrogen-bond donors (Lipinski definition) is 3. The van der Waals surface area contributed by atoms with Gasteiger partial charge in [0, 0.05) is 34.9 Å². The van der Waals surface area contributed by atoms with Crippen molar-refractivity contribution in [2.24, 2.45) is 0 Å². The fourth-order valence-electron chi connectivity index (χ4n) is 3.57. The summed E-state index contributed by atoms with van der Waals surface area (Å²) >= 11 is 1.66. The number of carbonyl (C=O) groups excluding carboxylic acids is 1. The van der Waals surface area contributed by atoms with Crippen LogP contribution in [0, 0.1) is 6.92 Å². The lowest BCUT2D eigenvalue weighted by molar-refractivity contribution is 0.0717. The number of aryl methyl sites for hydroxylation is 1. The summed E-state index contributed by atoms with van der Waals surface area (Å²) in [5, 5.41) is 22.9. The minimum absolute atomic E-state index is 0.129. The minimum atomic E-state index is -0.443. The molecule has 1 aliphatic rings. The minimum Gasteiger partial charge on any atom is -0.391 e. The lowest BCUT2D eigenvalue weighted by Gasteiger charge is -2.28. The van der Waals surface area contributed by atoms with Crippen molar-refractivity contribution in [2.45, 2.75) is 51.3 Å². The van der Waals surface area contributed by atoms with Crippen molar-refractivity contribution in [3.05, 3.63) is 52.7 Å². The fraction of sp³-hybridized carbons (Fsp3) is 0.400. The van der Waals surface area contributed by atoms with E-state index < -0.39 is 6.10 Å². The van der Waals surface area contributed by atoms with Gasteiger partial charge in [0.25, 0.3) is 5.91 Å². The maximum atomic E-state index is 12.6. The Kier molecular flexibility index (Phi) is 5.13. The van der Waals surface area contributed by atoms with Crippen LogP contribution >= 0.6 is 11.3 Å². The van der Waals surface area contributed by atoms with E-state index in [1.807, 2.05) is 47.4 Å². The van der Waals surface area contributed by atoms with Crippen molar-refractivity contribution in [3.8, 4) is 0 Å². The molecular weight excluding hydrogens is 360 g/mol. The van der Waals surface area contributed by atoms with Gasteiger partial charge in [0.2, 0.25) is 0 Å². The molecule has 4 rings (SSSR count). The number of rotatable bonds is 5. The zero-order chi connectivity index (χ0) is 18.8. The van der Waals surface area contributed by atoms with E-state index in [0.717, 1.165) is 47.3 Å². The van der Waals surface area contributed by atoms with E-state index >= 15 is 0 Å². The average molecular weight is 385 g/mol. The molecule has 3 aromatic rings. The van der Waals surface area contributed by atoms with Crippen molar-refractivity contribution in [1.82, 2.24) is 14.9 Å². The molecule has 2 aromatic heterocycles. The molecule has 0 unspecified atom stereocenters. The molecule has 7 heteroatoms. The number of nitrogens with one attached hydrogen (secondary N) is 2. The zero-order valence-electron chi connectivity index (χ0n) is 15.3. The quantitative estimate of drug-likeness (QED) is 0.630. The summed E-state index contributed by atoms with van der Waals surface area (Å²) in [6, 6.07) is 5.52. The van der Waals surface area contributed by atoms with Gasteiger partial charge in [-0.25, -0.2) is 4.52 Å². The summed E-state index contributed by atoms with van der Waals surface area (Å²) in [4.78, 5) is 13.8. The molecule has 1 saturated carbocycles. The van der Waals surface area contributed by atoms with E-state index in [9.17, 15) is 9.90 Å². The Morgan fingerprint density at radius 3 is 3.07 bits per heavy atom. The Labute approximate surface area is 162 Å². The van der Waals surface area contributed by atoms with E-state index in [0.29, 0.717) is 12.1 Å². The van der Waals surface area contributed by atoms with Gasteiger partial charge in [-0.1, -0.05) is 18.9 Å². The van der Waals surface area contributed by atoms with Crippen LogP contribution in [-0.4, -0.2) is 32.8 Å². The van der Waals surface area contributed by atoms with Crippen LogP contribution in [-0.2, 0) is 6.54 Å². The predicted molar refractivity (Wildman–Crippen MR) is 107 cm³/mol. The maximum Gasteiger partial charge on any atom is 0.251 e. The summed E-state index contributed by atoms with van der Waals surface area (Å²) in [6.07, 6.45) is 7.04. The topological polar surface area (TPSA) is 78.7 Å². The van der Waals surface area contributed by atoms with Gasteiger partial charge in [-0.05, 0) is 37.5 Å². The molecule has 0 radical (unpaired) electrons. The molecule has 1 aliphatic carbocycles. The van der Waals surface area contributed by atoms with Gasteiger partial charge in [0.1, 0.15) is 4.83 Å². The first-order chi connectivity index (χ1) is 13.1. The summed E-state index contributed by atoms with van der Waals surface area (Å²) < 4.78 is 1.87. The van der Waals surface area contributed by atoms with Crippen LogP contribution in [0.1, 0.15) is 47.2 Å². The van der Waals surface area contributed by atoms with Crippen molar-refractivity contribution in [3.63, 3.8) is 0 Å². The smallest absolute Gasteiger partial charge is 0.251 e. The van der Waals surface area contributed by atoms with Gasteiger partial charge in [0.05, 0.1) is 18.3 Å². The normalized spacial score (nSPS) is 19.9. The molecule has 2 heterocycles. The Morgan fingerprint density at radius 1 is 1.37 bits per heavy atom. The van der Waals surface area contributed by atoms with Gasteiger partial charge in [0.15, 0.2) is 0 Å². The van der Waals surface area contributed by atoms with Gasteiger partial charge >= 0.3 is 0 Å². The fourth-order valence-corrected chi connectivity index (χ4v) is 4.37. The van der Waals surface area contributed by atoms with E-state index in [4.69, 9.17) is 0 Å². The van der Waals surface area contributed by atoms with E-state index in [2.05, 4.69) is 15.7 Å². The molecule has 27 heavy (non-hydrogen) atoms. The number of aromatic nitrogens is 2. The number of fused-ring (bicyclic) bond motifs is 1. The largest absolute Gasteiger partial charge is 0.391 e. The predicted octanol–water partition coefficient (Wildman–Crippen LogP) is 3.35. The molecule has 2 atom stereocenters. The highest BCUT2D eigenvalue weighted by atomic mass is 32.1. The second kappa shape index (κ2) is 7.70. The van der Waals surface area contributed by atoms with Crippen LogP contribution in [0.5, 0.6) is 0 Å². The number of aliphatic hydroxyl groups is 1. The van der Waals surface area contributed by atoms with Crippen LogP contribution in [0.4, 0.5) is 5.69 Å². The number of anilines is 1. The molecule has 0 spiro atoms. The summed E-state index contributed by atoms with van der Waals surface area (Å²) in [5.74, 6) is -0.129. The molecule has 0 saturated heterocycles. The Bertz CT molecular complexity index is 949. The van der Waals surface area contributed by atoms with Gasteiger partial charge in [-0.2, -0.15) is 5.10 Å². The van der Waals surface area contributed by atoms with Crippen LogP contribution in [0.2, 0.25) is 0 Å². The first-order valence-corrected chi connectivity index (χ1v) is 10.2. The monoisotopic (exact) mass is 384 g/mol. The lowest BCUT2D eigenvalue weighted by atomic mass is 9.92. The number of amides is 1. The van der Waals surface area contributed by atoms with Crippen molar-refractivity contribution in [1.29, 1.82) is 0 Å². The van der Waals surface area contributed by atoms with Crippen LogP contribution in [0.25, 0.3) is 4.83 Å². The Morgan fingerprint density at radius 2 is 2.22 bits per heavy atom. The molecule has 3 N–H and O–H groups in total. The molecular formula is C20H24N4O2S. The molecule has 142 valence electrons. The number of carbonyl (C=O) groups is 1. The average Bonchev–Trinajstić information content (AvgIpc) is 3.27. The van der Waals surface area contributed by atoms with E-state index in [1.165, 1.54) is 0 Å². The van der Waals surface area contributed by atoms with E-state index in [-0.39, 0.29) is 11.9 Å². The van der Waals surface area contributed by atoms with Gasteiger partial charge in [-0.3, -0.25) is 4.79 Å². The summed E-state index contributed by atoms with van der Waals surface area (Å²) in [7, 11) is 0. The third-order valence-electron chi connectivity index (χ3n) is 5.22. The van der Waals surface area contributed by atoms with Crippen molar-refractivity contribution >= 4 is 27.8 Å². The number of hydrogen-bond acceptors (Lipinski definition) is 5. The van der Waals surface area contributed by atoms with Crippen LogP contribution < -0.4 is 10.6 Å². The third kappa shape index (κ3) is 3.84. The third-order valence-corrected chi connectivity index (χ3v) is 6.15. The van der Waals surface area contributed by atoms with Crippen LogP contribution in [0.3, 0.4) is 0 Å². The first kappa shape index (κ1) is 18.0. The highest BCUT2D eigenvalue weighted by Crippen LogP contribution is 2.22. The second-order valence-corrected chi connectivity index (χ2v) is 8.03. The van der Waals surface area contributed by atoms with Crippen molar-refractivity contribution < 1.29 is 9.90 Å². The highest BCUT2D eigenvalue weighted by Gasteiger charge is 2.25. The molecule has 1 aromatic carbocycles. The molecule has 1 fully saturated rings. The second-order valence-electron chi connectivity index (χ2n) is 7.14. The molecule has 0 aliphatic heterocycles. The summed E-state index contributed by atoms with van der Waals surface area (Å²) in [5.41, 5.74) is 3.75.